The predicted octanol–water partition coefficient (Wildman–Crippen LogP) is 3.65. The summed E-state index contributed by atoms with van der Waals surface area (Å²) in [5.74, 6) is 1.53. The average Bonchev–Trinajstić information content (AvgIpc) is 2.45. The van der Waals surface area contributed by atoms with E-state index in [2.05, 4.69) is 40.2 Å². The van der Waals surface area contributed by atoms with Crippen LogP contribution in [-0.4, -0.2) is 15.0 Å². The smallest absolute Gasteiger partial charge is 0.134 e. The number of aromatic nitrogens is 3. The van der Waals surface area contributed by atoms with Gasteiger partial charge in [0.15, 0.2) is 0 Å². The van der Waals surface area contributed by atoms with E-state index in [1.807, 2.05) is 12.3 Å². The molecule has 0 saturated carbocycles. The number of anilines is 1. The fourth-order valence-electron chi connectivity index (χ4n) is 2.02. The number of pyridine rings is 1. The van der Waals surface area contributed by atoms with Crippen LogP contribution >= 0.6 is 11.6 Å². The second-order valence-electron chi connectivity index (χ2n) is 4.56. The lowest BCUT2D eigenvalue weighted by molar-refractivity contribution is 0.832. The van der Waals surface area contributed by atoms with Crippen LogP contribution in [0.4, 0.5) is 5.82 Å². The van der Waals surface area contributed by atoms with Gasteiger partial charge in [-0.1, -0.05) is 31.5 Å². The Labute approximate surface area is 124 Å². The van der Waals surface area contributed by atoms with Crippen molar-refractivity contribution in [1.82, 2.24) is 15.0 Å². The molecule has 0 atom stereocenters. The van der Waals surface area contributed by atoms with Crippen molar-refractivity contribution in [2.24, 2.45) is 0 Å². The molecule has 0 spiro atoms. The molecular weight excluding hydrogens is 272 g/mol. The van der Waals surface area contributed by atoms with Gasteiger partial charge in [-0.3, -0.25) is 4.98 Å². The van der Waals surface area contributed by atoms with E-state index in [-0.39, 0.29) is 0 Å². The van der Waals surface area contributed by atoms with Gasteiger partial charge in [0.05, 0.1) is 12.2 Å². The summed E-state index contributed by atoms with van der Waals surface area (Å²) in [6.07, 6.45) is 4.61. The molecule has 0 fully saturated rings. The lowest BCUT2D eigenvalue weighted by atomic mass is 10.1. The standard InChI is InChI=1S/C15H19ClN4/c1-3-6-14-19-13(16)9-15(20-14)18-10-12-11(4-2)7-5-8-17-12/h5,7-9H,3-4,6,10H2,1-2H3,(H,18,19,20). The van der Waals surface area contributed by atoms with Crippen LogP contribution in [0.15, 0.2) is 24.4 Å². The second kappa shape index (κ2) is 7.20. The maximum Gasteiger partial charge on any atom is 0.134 e. The van der Waals surface area contributed by atoms with Gasteiger partial charge in [-0.2, -0.15) is 0 Å². The highest BCUT2D eigenvalue weighted by atomic mass is 35.5. The van der Waals surface area contributed by atoms with Crippen molar-refractivity contribution in [2.45, 2.75) is 39.7 Å². The van der Waals surface area contributed by atoms with Crippen molar-refractivity contribution in [1.29, 1.82) is 0 Å². The van der Waals surface area contributed by atoms with E-state index in [0.717, 1.165) is 36.6 Å². The highest BCUT2D eigenvalue weighted by Crippen LogP contribution is 2.14. The Morgan fingerprint density at radius 2 is 2.10 bits per heavy atom. The molecule has 106 valence electrons. The fourth-order valence-corrected chi connectivity index (χ4v) is 2.22. The van der Waals surface area contributed by atoms with E-state index in [0.29, 0.717) is 11.7 Å². The Bertz CT molecular complexity index is 572. The van der Waals surface area contributed by atoms with Crippen LogP contribution in [0.1, 0.15) is 37.4 Å². The third-order valence-corrected chi connectivity index (χ3v) is 3.21. The lowest BCUT2D eigenvalue weighted by Crippen LogP contribution is -2.07. The first-order chi connectivity index (χ1) is 9.72. The average molecular weight is 291 g/mol. The lowest BCUT2D eigenvalue weighted by Gasteiger charge is -2.09. The number of nitrogens with zero attached hydrogens (tertiary/aromatic N) is 3. The topological polar surface area (TPSA) is 50.7 Å². The Morgan fingerprint density at radius 3 is 2.85 bits per heavy atom. The summed E-state index contributed by atoms with van der Waals surface area (Å²) in [7, 11) is 0. The molecule has 20 heavy (non-hydrogen) atoms. The summed E-state index contributed by atoms with van der Waals surface area (Å²) in [4.78, 5) is 13.1. The number of aryl methyl sites for hydroxylation is 2. The van der Waals surface area contributed by atoms with Crippen molar-refractivity contribution >= 4 is 17.4 Å². The van der Waals surface area contributed by atoms with E-state index in [9.17, 15) is 0 Å². The molecule has 0 aliphatic rings. The van der Waals surface area contributed by atoms with Crippen LogP contribution < -0.4 is 5.32 Å². The van der Waals surface area contributed by atoms with Gasteiger partial charge in [0, 0.05) is 18.7 Å². The zero-order valence-electron chi connectivity index (χ0n) is 11.9. The van der Waals surface area contributed by atoms with Gasteiger partial charge in [0.1, 0.15) is 16.8 Å². The maximum atomic E-state index is 6.02. The maximum absolute atomic E-state index is 6.02. The molecule has 0 amide bonds. The molecule has 0 aliphatic heterocycles. The zero-order chi connectivity index (χ0) is 14.4. The van der Waals surface area contributed by atoms with E-state index in [1.165, 1.54) is 5.56 Å². The monoisotopic (exact) mass is 290 g/mol. The third-order valence-electron chi connectivity index (χ3n) is 3.02. The normalized spacial score (nSPS) is 10.6. The van der Waals surface area contributed by atoms with Crippen molar-refractivity contribution in [3.8, 4) is 0 Å². The van der Waals surface area contributed by atoms with E-state index < -0.39 is 0 Å². The van der Waals surface area contributed by atoms with Gasteiger partial charge < -0.3 is 5.32 Å². The van der Waals surface area contributed by atoms with Crippen molar-refractivity contribution in [3.05, 3.63) is 46.6 Å². The number of nitrogens with one attached hydrogen (secondary N) is 1. The molecule has 4 nitrogen and oxygen atoms in total. The first kappa shape index (κ1) is 14.7. The van der Waals surface area contributed by atoms with Gasteiger partial charge in [-0.25, -0.2) is 9.97 Å². The number of rotatable bonds is 6. The molecule has 2 rings (SSSR count). The zero-order valence-corrected chi connectivity index (χ0v) is 12.6. The molecule has 0 aromatic carbocycles. The van der Waals surface area contributed by atoms with Crippen LogP contribution in [0, 0.1) is 0 Å². The van der Waals surface area contributed by atoms with E-state index in [4.69, 9.17) is 11.6 Å². The largest absolute Gasteiger partial charge is 0.364 e. The van der Waals surface area contributed by atoms with Crippen LogP contribution in [0.5, 0.6) is 0 Å². The summed E-state index contributed by atoms with van der Waals surface area (Å²) in [6.45, 7) is 4.86. The minimum absolute atomic E-state index is 0.475. The molecule has 0 aliphatic carbocycles. The SMILES string of the molecule is CCCc1nc(Cl)cc(NCc2ncccc2CC)n1. The Morgan fingerprint density at radius 1 is 1.25 bits per heavy atom. The molecule has 0 radical (unpaired) electrons. The van der Waals surface area contributed by atoms with Gasteiger partial charge >= 0.3 is 0 Å². The molecule has 1 N–H and O–H groups in total. The van der Waals surface area contributed by atoms with Gasteiger partial charge in [0.2, 0.25) is 0 Å². The number of halogens is 1. The minimum Gasteiger partial charge on any atom is -0.364 e. The molecule has 0 bridgehead atoms. The summed E-state index contributed by atoms with van der Waals surface area (Å²) < 4.78 is 0. The molecule has 5 heteroatoms. The Hall–Kier alpha value is -1.68. The second-order valence-corrected chi connectivity index (χ2v) is 4.95. The molecule has 2 heterocycles. The Kier molecular flexibility index (Phi) is 5.30. The van der Waals surface area contributed by atoms with Crippen LogP contribution in [0.2, 0.25) is 5.15 Å². The minimum atomic E-state index is 0.475. The third kappa shape index (κ3) is 3.90. The highest BCUT2D eigenvalue weighted by Gasteiger charge is 2.05. The Balaban J connectivity index is 2.10. The molecule has 2 aromatic heterocycles. The van der Waals surface area contributed by atoms with Crippen LogP contribution in [0.3, 0.4) is 0 Å². The van der Waals surface area contributed by atoms with Crippen LogP contribution in [0.25, 0.3) is 0 Å². The first-order valence-electron chi connectivity index (χ1n) is 6.93. The highest BCUT2D eigenvalue weighted by molar-refractivity contribution is 6.29. The number of hydrogen-bond acceptors (Lipinski definition) is 4. The van der Waals surface area contributed by atoms with Crippen LogP contribution in [-0.2, 0) is 19.4 Å². The predicted molar refractivity (Wildman–Crippen MR) is 82.0 cm³/mol. The summed E-state index contributed by atoms with van der Waals surface area (Å²) in [5, 5.41) is 3.75. The molecule has 0 saturated heterocycles. The van der Waals surface area contributed by atoms with Gasteiger partial charge in [-0.15, -0.1) is 0 Å². The van der Waals surface area contributed by atoms with Crippen molar-refractivity contribution in [2.75, 3.05) is 5.32 Å². The fraction of sp³-hybridized carbons (Fsp3) is 0.400. The molecule has 2 aromatic rings. The van der Waals surface area contributed by atoms with Crippen molar-refractivity contribution < 1.29 is 0 Å². The van der Waals surface area contributed by atoms with Gasteiger partial charge in [-0.05, 0) is 24.5 Å². The number of hydrogen-bond donors (Lipinski definition) is 1. The molecular formula is C15H19ClN4. The summed E-state index contributed by atoms with van der Waals surface area (Å²) in [6, 6.07) is 5.80. The summed E-state index contributed by atoms with van der Waals surface area (Å²) >= 11 is 6.02. The first-order valence-corrected chi connectivity index (χ1v) is 7.30. The van der Waals surface area contributed by atoms with Crippen molar-refractivity contribution in [3.63, 3.8) is 0 Å². The quantitative estimate of drug-likeness (QED) is 0.825. The van der Waals surface area contributed by atoms with E-state index >= 15 is 0 Å². The van der Waals surface area contributed by atoms with Gasteiger partial charge in [0.25, 0.3) is 0 Å². The summed E-state index contributed by atoms with van der Waals surface area (Å²) in [5.41, 5.74) is 2.29. The van der Waals surface area contributed by atoms with E-state index in [1.54, 1.807) is 6.07 Å². The molecule has 0 unspecified atom stereocenters.